The van der Waals surface area contributed by atoms with Crippen molar-refractivity contribution in [1.29, 1.82) is 0 Å². The number of nitrogens with zero attached hydrogens (tertiary/aromatic N) is 2. The summed E-state index contributed by atoms with van der Waals surface area (Å²) in [5.41, 5.74) is 1.66. The molecule has 6 nitrogen and oxygen atoms in total. The Morgan fingerprint density at radius 2 is 2.11 bits per heavy atom. The number of hydrazine groups is 1. The van der Waals surface area contributed by atoms with Crippen LogP contribution in [0.5, 0.6) is 0 Å². The molecule has 0 bridgehead atoms. The third-order valence-corrected chi connectivity index (χ3v) is 2.40. The van der Waals surface area contributed by atoms with E-state index in [0.29, 0.717) is 5.39 Å². The standard InChI is InChI=1S/C10H8F2N4O2/c11-10(12)9-8(15-13)4-5-3-6(16(17)18)1-2-7(5)14-9/h1-4,10,15H,13H2. The molecule has 0 aliphatic carbocycles. The van der Waals surface area contributed by atoms with Gasteiger partial charge in [0, 0.05) is 17.5 Å². The minimum Gasteiger partial charge on any atom is -0.322 e. The highest BCUT2D eigenvalue weighted by atomic mass is 19.3. The Morgan fingerprint density at radius 1 is 1.39 bits per heavy atom. The number of nitro groups is 1. The Kier molecular flexibility index (Phi) is 3.02. The van der Waals surface area contributed by atoms with Crippen molar-refractivity contribution >= 4 is 22.3 Å². The molecule has 3 N–H and O–H groups in total. The number of nitrogen functional groups attached to an aromatic ring is 1. The number of alkyl halides is 2. The summed E-state index contributed by atoms with van der Waals surface area (Å²) < 4.78 is 25.4. The van der Waals surface area contributed by atoms with E-state index in [2.05, 4.69) is 10.4 Å². The maximum absolute atomic E-state index is 12.7. The smallest absolute Gasteiger partial charge is 0.282 e. The van der Waals surface area contributed by atoms with E-state index in [4.69, 9.17) is 5.84 Å². The van der Waals surface area contributed by atoms with Gasteiger partial charge in [-0.25, -0.2) is 13.8 Å². The highest BCUT2D eigenvalue weighted by Crippen LogP contribution is 2.29. The Morgan fingerprint density at radius 3 is 2.67 bits per heavy atom. The molecule has 0 radical (unpaired) electrons. The van der Waals surface area contributed by atoms with E-state index in [-0.39, 0.29) is 16.9 Å². The lowest BCUT2D eigenvalue weighted by Crippen LogP contribution is -2.10. The molecule has 1 aromatic heterocycles. The number of pyridine rings is 1. The summed E-state index contributed by atoms with van der Waals surface area (Å²) >= 11 is 0. The lowest BCUT2D eigenvalue weighted by molar-refractivity contribution is -0.384. The minimum absolute atomic E-state index is 0.0574. The number of nitrogens with two attached hydrogens (primary N) is 1. The van der Waals surface area contributed by atoms with Gasteiger partial charge in [0.2, 0.25) is 0 Å². The zero-order chi connectivity index (χ0) is 13.3. The first-order valence-electron chi connectivity index (χ1n) is 4.87. The van der Waals surface area contributed by atoms with Crippen molar-refractivity contribution in [2.45, 2.75) is 6.43 Å². The number of benzene rings is 1. The molecule has 1 heterocycles. The van der Waals surface area contributed by atoms with E-state index in [1.807, 2.05) is 0 Å². The summed E-state index contributed by atoms with van der Waals surface area (Å²) in [5, 5.41) is 11.0. The summed E-state index contributed by atoms with van der Waals surface area (Å²) in [5.74, 6) is 5.12. The van der Waals surface area contributed by atoms with Gasteiger partial charge in [0.1, 0.15) is 5.69 Å². The molecule has 0 spiro atoms. The molecule has 0 saturated heterocycles. The normalized spacial score (nSPS) is 10.9. The SMILES string of the molecule is NNc1cc2cc([N+](=O)[O-])ccc2nc1C(F)F. The fourth-order valence-electron chi connectivity index (χ4n) is 1.57. The van der Waals surface area contributed by atoms with E-state index < -0.39 is 17.0 Å². The number of nitro benzene ring substituents is 1. The van der Waals surface area contributed by atoms with E-state index in [1.54, 1.807) is 0 Å². The number of rotatable bonds is 3. The average molecular weight is 254 g/mol. The number of non-ortho nitro benzene ring substituents is 1. The molecule has 2 aromatic rings. The molecule has 0 aliphatic rings. The third kappa shape index (κ3) is 2.05. The van der Waals surface area contributed by atoms with Crippen molar-refractivity contribution in [2.24, 2.45) is 5.84 Å². The molecular formula is C10H8F2N4O2. The van der Waals surface area contributed by atoms with Gasteiger partial charge in [-0.3, -0.25) is 16.0 Å². The van der Waals surface area contributed by atoms with Crippen LogP contribution in [0.1, 0.15) is 12.1 Å². The van der Waals surface area contributed by atoms with E-state index in [0.717, 1.165) is 0 Å². The van der Waals surface area contributed by atoms with Crippen LogP contribution in [-0.2, 0) is 0 Å². The lowest BCUT2D eigenvalue weighted by atomic mass is 10.1. The second kappa shape index (κ2) is 4.49. The molecule has 18 heavy (non-hydrogen) atoms. The van der Waals surface area contributed by atoms with Crippen molar-refractivity contribution < 1.29 is 13.7 Å². The van der Waals surface area contributed by atoms with Crippen molar-refractivity contribution in [3.05, 3.63) is 40.1 Å². The molecule has 1 aromatic carbocycles. The number of fused-ring (bicyclic) bond motifs is 1. The first-order chi connectivity index (χ1) is 8.52. The fourth-order valence-corrected chi connectivity index (χ4v) is 1.57. The molecule has 0 aliphatic heterocycles. The van der Waals surface area contributed by atoms with Crippen LogP contribution in [0, 0.1) is 10.1 Å². The zero-order valence-corrected chi connectivity index (χ0v) is 8.93. The van der Waals surface area contributed by atoms with Crippen LogP contribution in [-0.4, -0.2) is 9.91 Å². The first kappa shape index (κ1) is 12.1. The molecule has 0 fully saturated rings. The highest BCUT2D eigenvalue weighted by molar-refractivity contribution is 5.84. The Bertz CT molecular complexity index is 618. The summed E-state index contributed by atoms with van der Waals surface area (Å²) in [4.78, 5) is 13.8. The van der Waals surface area contributed by atoms with Gasteiger partial charge in [-0.2, -0.15) is 0 Å². The largest absolute Gasteiger partial charge is 0.322 e. The van der Waals surface area contributed by atoms with Crippen molar-refractivity contribution in [3.8, 4) is 0 Å². The second-order valence-corrected chi connectivity index (χ2v) is 3.50. The summed E-state index contributed by atoms with van der Waals surface area (Å²) in [6, 6.07) is 5.08. The molecule has 94 valence electrons. The number of hydrogen-bond acceptors (Lipinski definition) is 5. The monoisotopic (exact) mass is 254 g/mol. The van der Waals surface area contributed by atoms with Gasteiger partial charge in [0.05, 0.1) is 16.1 Å². The molecule has 0 amide bonds. The van der Waals surface area contributed by atoms with Gasteiger partial charge < -0.3 is 5.43 Å². The Hall–Kier alpha value is -2.35. The maximum Gasteiger partial charge on any atom is 0.282 e. The fraction of sp³-hybridized carbons (Fsp3) is 0.100. The third-order valence-electron chi connectivity index (χ3n) is 2.40. The van der Waals surface area contributed by atoms with Gasteiger partial charge >= 0.3 is 0 Å². The maximum atomic E-state index is 12.7. The number of hydrogen-bond donors (Lipinski definition) is 2. The van der Waals surface area contributed by atoms with Crippen LogP contribution < -0.4 is 11.3 Å². The number of anilines is 1. The van der Waals surface area contributed by atoms with Crippen molar-refractivity contribution in [2.75, 3.05) is 5.43 Å². The molecule has 0 atom stereocenters. The molecule has 8 heteroatoms. The molecule has 0 unspecified atom stereocenters. The van der Waals surface area contributed by atoms with Gasteiger partial charge in [-0.15, -0.1) is 0 Å². The van der Waals surface area contributed by atoms with Crippen molar-refractivity contribution in [3.63, 3.8) is 0 Å². The lowest BCUT2D eigenvalue weighted by Gasteiger charge is -2.08. The Balaban J connectivity index is 2.67. The second-order valence-electron chi connectivity index (χ2n) is 3.50. The zero-order valence-electron chi connectivity index (χ0n) is 8.93. The number of nitrogens with one attached hydrogen (secondary N) is 1. The van der Waals surface area contributed by atoms with Gasteiger partial charge in [0.25, 0.3) is 12.1 Å². The molecular weight excluding hydrogens is 246 g/mol. The quantitative estimate of drug-likeness (QED) is 0.498. The van der Waals surface area contributed by atoms with Crippen molar-refractivity contribution in [1.82, 2.24) is 4.98 Å². The predicted octanol–water partition coefficient (Wildman–Crippen LogP) is 2.37. The molecule has 2 rings (SSSR count). The van der Waals surface area contributed by atoms with Crippen LogP contribution in [0.3, 0.4) is 0 Å². The molecule has 0 saturated carbocycles. The summed E-state index contributed by atoms with van der Waals surface area (Å²) in [6.45, 7) is 0. The van der Waals surface area contributed by atoms with Gasteiger partial charge in [0.15, 0.2) is 0 Å². The van der Waals surface area contributed by atoms with Gasteiger partial charge in [-0.05, 0) is 12.1 Å². The predicted molar refractivity (Wildman–Crippen MR) is 61.2 cm³/mol. The first-order valence-corrected chi connectivity index (χ1v) is 4.87. The van der Waals surface area contributed by atoms with Crippen LogP contribution in [0.25, 0.3) is 10.9 Å². The summed E-state index contributed by atoms with van der Waals surface area (Å²) in [6.07, 6.45) is -2.78. The number of halogens is 2. The van der Waals surface area contributed by atoms with Crippen LogP contribution in [0.4, 0.5) is 20.2 Å². The Labute approximate surface area is 99.5 Å². The van der Waals surface area contributed by atoms with Gasteiger partial charge in [-0.1, -0.05) is 0 Å². The number of aromatic nitrogens is 1. The van der Waals surface area contributed by atoms with E-state index >= 15 is 0 Å². The van der Waals surface area contributed by atoms with Crippen LogP contribution in [0.2, 0.25) is 0 Å². The van der Waals surface area contributed by atoms with E-state index in [9.17, 15) is 18.9 Å². The van der Waals surface area contributed by atoms with Crippen LogP contribution in [0.15, 0.2) is 24.3 Å². The van der Waals surface area contributed by atoms with E-state index in [1.165, 1.54) is 24.3 Å². The highest BCUT2D eigenvalue weighted by Gasteiger charge is 2.17. The average Bonchev–Trinajstić information content (AvgIpc) is 2.36. The minimum atomic E-state index is -2.78. The summed E-state index contributed by atoms with van der Waals surface area (Å²) in [7, 11) is 0. The van der Waals surface area contributed by atoms with Crippen LogP contribution >= 0.6 is 0 Å². The topological polar surface area (TPSA) is 94.1 Å².